The molecule has 0 saturated carbocycles. The first-order valence-corrected chi connectivity index (χ1v) is 5.67. The normalized spacial score (nSPS) is 10.1. The number of ether oxygens (including phenoxy) is 1. The molecule has 0 aliphatic heterocycles. The highest BCUT2D eigenvalue weighted by molar-refractivity contribution is 5.09. The molecule has 3 heteroatoms. The molecule has 0 unspecified atom stereocenters. The summed E-state index contributed by atoms with van der Waals surface area (Å²) in [6, 6.07) is 6.12. The minimum atomic E-state index is 0.729. The minimum Gasteiger partial charge on any atom is -0.389 e. The highest BCUT2D eigenvalue weighted by Crippen LogP contribution is 2.01. The zero-order valence-electron chi connectivity index (χ0n) is 9.91. The van der Waals surface area contributed by atoms with Crippen LogP contribution in [0.3, 0.4) is 0 Å². The van der Waals surface area contributed by atoms with Gasteiger partial charge >= 0.3 is 0 Å². The van der Waals surface area contributed by atoms with Crippen molar-refractivity contribution < 1.29 is 4.74 Å². The number of aromatic nitrogens is 1. The largest absolute Gasteiger partial charge is 0.389 e. The molecule has 0 aliphatic rings. The molecule has 1 rings (SSSR count). The van der Waals surface area contributed by atoms with Crippen LogP contribution >= 0.6 is 0 Å². The molecule has 1 aromatic rings. The topological polar surface area (TPSA) is 34.1 Å². The summed E-state index contributed by atoms with van der Waals surface area (Å²) in [5, 5.41) is 2.99. The van der Waals surface area contributed by atoms with Crippen LogP contribution in [0.15, 0.2) is 31.0 Å². The van der Waals surface area contributed by atoms with Crippen LogP contribution < -0.4 is 5.32 Å². The molecule has 0 aliphatic carbocycles. The van der Waals surface area contributed by atoms with Crippen LogP contribution in [0.1, 0.15) is 17.8 Å². The summed E-state index contributed by atoms with van der Waals surface area (Å²) in [6.07, 6.45) is 3.68. The molecule has 0 amide bonds. The van der Waals surface area contributed by atoms with Gasteiger partial charge in [-0.2, -0.15) is 0 Å². The standard InChI is InChI=1S/C13H20N2O/c1-3-14-9-11-16-10-5-8-13-7-4-6-12(2)15-13/h3-4,6-7,14H,1,5,8-11H2,2H3. The Morgan fingerprint density at radius 3 is 3.06 bits per heavy atom. The third kappa shape index (κ3) is 5.51. The molecule has 1 heterocycles. The maximum atomic E-state index is 5.45. The summed E-state index contributed by atoms with van der Waals surface area (Å²) < 4.78 is 5.45. The Morgan fingerprint density at radius 2 is 2.31 bits per heavy atom. The summed E-state index contributed by atoms with van der Waals surface area (Å²) in [4.78, 5) is 4.44. The smallest absolute Gasteiger partial charge is 0.0638 e. The molecule has 0 bridgehead atoms. The zero-order chi connectivity index (χ0) is 11.6. The lowest BCUT2D eigenvalue weighted by Gasteiger charge is -2.04. The maximum absolute atomic E-state index is 5.45. The fraction of sp³-hybridized carbons (Fsp3) is 0.462. The Balaban J connectivity index is 2.05. The summed E-state index contributed by atoms with van der Waals surface area (Å²) in [7, 11) is 0. The van der Waals surface area contributed by atoms with Gasteiger partial charge in [-0.25, -0.2) is 0 Å². The third-order valence-electron chi connectivity index (χ3n) is 2.20. The molecule has 0 aromatic carbocycles. The predicted octanol–water partition coefficient (Wildman–Crippen LogP) is 2.07. The molecule has 16 heavy (non-hydrogen) atoms. The number of nitrogens with zero attached hydrogens (tertiary/aromatic N) is 1. The molecule has 1 N–H and O–H groups in total. The van der Waals surface area contributed by atoms with Gasteiger partial charge in [0.1, 0.15) is 0 Å². The summed E-state index contributed by atoms with van der Waals surface area (Å²) in [5.41, 5.74) is 2.22. The van der Waals surface area contributed by atoms with Gasteiger partial charge in [-0.05, 0) is 38.1 Å². The number of rotatable bonds is 8. The Hall–Kier alpha value is -1.35. The van der Waals surface area contributed by atoms with E-state index in [2.05, 4.69) is 22.9 Å². The predicted molar refractivity (Wildman–Crippen MR) is 66.3 cm³/mol. The lowest BCUT2D eigenvalue weighted by Crippen LogP contribution is -2.13. The van der Waals surface area contributed by atoms with Crippen LogP contribution in [-0.4, -0.2) is 24.7 Å². The van der Waals surface area contributed by atoms with Gasteiger partial charge in [0.2, 0.25) is 0 Å². The summed E-state index contributed by atoms with van der Waals surface area (Å²) in [5.74, 6) is 0. The average molecular weight is 220 g/mol. The second-order valence-corrected chi connectivity index (χ2v) is 3.64. The van der Waals surface area contributed by atoms with E-state index in [1.54, 1.807) is 6.20 Å². The van der Waals surface area contributed by atoms with Gasteiger partial charge in [0.25, 0.3) is 0 Å². The lowest BCUT2D eigenvalue weighted by molar-refractivity contribution is 0.135. The van der Waals surface area contributed by atoms with E-state index >= 15 is 0 Å². The van der Waals surface area contributed by atoms with Crippen molar-refractivity contribution in [2.45, 2.75) is 19.8 Å². The number of pyridine rings is 1. The number of hydrogen-bond donors (Lipinski definition) is 1. The van der Waals surface area contributed by atoms with Crippen molar-refractivity contribution in [3.8, 4) is 0 Å². The van der Waals surface area contributed by atoms with E-state index < -0.39 is 0 Å². The van der Waals surface area contributed by atoms with Crippen LogP contribution in [-0.2, 0) is 11.2 Å². The van der Waals surface area contributed by atoms with Crippen molar-refractivity contribution >= 4 is 0 Å². The highest BCUT2D eigenvalue weighted by atomic mass is 16.5. The highest BCUT2D eigenvalue weighted by Gasteiger charge is 1.95. The van der Waals surface area contributed by atoms with E-state index in [1.807, 2.05) is 19.1 Å². The van der Waals surface area contributed by atoms with Crippen molar-refractivity contribution in [3.63, 3.8) is 0 Å². The van der Waals surface area contributed by atoms with E-state index in [4.69, 9.17) is 4.74 Å². The van der Waals surface area contributed by atoms with Gasteiger partial charge in [0.15, 0.2) is 0 Å². The number of nitrogens with one attached hydrogen (secondary N) is 1. The Labute approximate surface area is 97.5 Å². The molecule has 0 saturated heterocycles. The van der Waals surface area contributed by atoms with Gasteiger partial charge in [-0.1, -0.05) is 12.6 Å². The van der Waals surface area contributed by atoms with E-state index in [0.29, 0.717) is 0 Å². The van der Waals surface area contributed by atoms with E-state index in [-0.39, 0.29) is 0 Å². The second kappa shape index (κ2) is 7.88. The SMILES string of the molecule is C=CNCCOCCCc1cccc(C)n1. The first kappa shape index (κ1) is 12.7. The monoisotopic (exact) mass is 220 g/mol. The fourth-order valence-electron chi connectivity index (χ4n) is 1.43. The van der Waals surface area contributed by atoms with E-state index in [9.17, 15) is 0 Å². The van der Waals surface area contributed by atoms with Gasteiger partial charge in [0.05, 0.1) is 6.61 Å². The molecule has 0 spiro atoms. The molecule has 0 fully saturated rings. The zero-order valence-corrected chi connectivity index (χ0v) is 9.91. The van der Waals surface area contributed by atoms with Crippen molar-refractivity contribution in [1.29, 1.82) is 0 Å². The number of hydrogen-bond acceptors (Lipinski definition) is 3. The van der Waals surface area contributed by atoms with Gasteiger partial charge < -0.3 is 10.1 Å². The third-order valence-corrected chi connectivity index (χ3v) is 2.20. The van der Waals surface area contributed by atoms with E-state index in [1.165, 1.54) is 0 Å². The fourth-order valence-corrected chi connectivity index (χ4v) is 1.43. The molecule has 1 aromatic heterocycles. The molecule has 0 atom stereocenters. The van der Waals surface area contributed by atoms with Crippen LogP contribution in [0, 0.1) is 6.92 Å². The molecular formula is C13H20N2O. The van der Waals surface area contributed by atoms with Crippen molar-refractivity contribution in [1.82, 2.24) is 10.3 Å². The Morgan fingerprint density at radius 1 is 1.44 bits per heavy atom. The summed E-state index contributed by atoms with van der Waals surface area (Å²) >= 11 is 0. The Bertz CT molecular complexity index is 313. The van der Waals surface area contributed by atoms with Gasteiger partial charge in [-0.15, -0.1) is 0 Å². The van der Waals surface area contributed by atoms with E-state index in [0.717, 1.165) is 44.0 Å². The molecule has 88 valence electrons. The first-order chi connectivity index (χ1) is 7.83. The minimum absolute atomic E-state index is 0.729. The van der Waals surface area contributed by atoms with Crippen molar-refractivity contribution in [2.24, 2.45) is 0 Å². The molecule has 3 nitrogen and oxygen atoms in total. The van der Waals surface area contributed by atoms with Crippen LogP contribution in [0.25, 0.3) is 0 Å². The van der Waals surface area contributed by atoms with Crippen LogP contribution in [0.2, 0.25) is 0 Å². The first-order valence-electron chi connectivity index (χ1n) is 5.67. The summed E-state index contributed by atoms with van der Waals surface area (Å²) in [6.45, 7) is 7.92. The average Bonchev–Trinajstić information content (AvgIpc) is 2.28. The van der Waals surface area contributed by atoms with Crippen molar-refractivity contribution in [2.75, 3.05) is 19.8 Å². The number of aryl methyl sites for hydroxylation is 2. The van der Waals surface area contributed by atoms with Crippen molar-refractivity contribution in [3.05, 3.63) is 42.4 Å². The quantitative estimate of drug-likeness (QED) is 0.681. The molecular weight excluding hydrogens is 200 g/mol. The van der Waals surface area contributed by atoms with Crippen LogP contribution in [0.5, 0.6) is 0 Å². The second-order valence-electron chi connectivity index (χ2n) is 3.64. The maximum Gasteiger partial charge on any atom is 0.0638 e. The molecule has 0 radical (unpaired) electrons. The van der Waals surface area contributed by atoms with Gasteiger partial charge in [0, 0.05) is 24.5 Å². The lowest BCUT2D eigenvalue weighted by atomic mass is 10.2. The van der Waals surface area contributed by atoms with Gasteiger partial charge in [-0.3, -0.25) is 4.98 Å². The van der Waals surface area contributed by atoms with Crippen LogP contribution in [0.4, 0.5) is 0 Å². The Kier molecular flexibility index (Phi) is 6.26.